The van der Waals surface area contributed by atoms with Crippen LogP contribution in [0.2, 0.25) is 0 Å². The summed E-state index contributed by atoms with van der Waals surface area (Å²) in [6.07, 6.45) is 0.387. The molecule has 0 aliphatic carbocycles. The van der Waals surface area contributed by atoms with E-state index in [2.05, 4.69) is 4.98 Å². The molecule has 0 fully saturated rings. The molecule has 0 bridgehead atoms. The monoisotopic (exact) mass is 344 g/mol. The lowest BCUT2D eigenvalue weighted by Crippen LogP contribution is -2.24. The van der Waals surface area contributed by atoms with E-state index in [9.17, 15) is 14.7 Å². The average Bonchev–Trinajstić information content (AvgIpc) is 2.99. The number of aryl methyl sites for hydroxylation is 1. The smallest absolute Gasteiger partial charge is 0.337 e. The van der Waals surface area contributed by atoms with Crippen LogP contribution in [0.5, 0.6) is 0 Å². The normalized spacial score (nSPS) is 11.1. The predicted molar refractivity (Wildman–Crippen MR) is 92.7 cm³/mol. The summed E-state index contributed by atoms with van der Waals surface area (Å²) in [4.78, 5) is 29.1. The van der Waals surface area contributed by atoms with Crippen molar-refractivity contribution in [2.24, 2.45) is 0 Å². The Balaban J connectivity index is 2.29. The van der Waals surface area contributed by atoms with E-state index in [0.29, 0.717) is 17.1 Å². The quantitative estimate of drug-likeness (QED) is 0.742. The highest BCUT2D eigenvalue weighted by molar-refractivity contribution is 7.17. The second-order valence-electron chi connectivity index (χ2n) is 5.47. The predicted octanol–water partition coefficient (Wildman–Crippen LogP) is 2.51. The van der Waals surface area contributed by atoms with Crippen molar-refractivity contribution in [1.29, 1.82) is 0 Å². The number of aliphatic hydroxyl groups excluding tert-OH is 1. The molecule has 3 aromatic rings. The molecule has 6 nitrogen and oxygen atoms in total. The fraction of sp³-hybridized carbons (Fsp3) is 0.235. The number of carboxylic acid groups (broad SMARTS) is 1. The number of hydrogen-bond acceptors (Lipinski definition) is 5. The molecule has 0 spiro atoms. The lowest BCUT2D eigenvalue weighted by Gasteiger charge is -2.12. The van der Waals surface area contributed by atoms with Gasteiger partial charge in [0.05, 0.1) is 10.9 Å². The van der Waals surface area contributed by atoms with Crippen molar-refractivity contribution >= 4 is 27.5 Å². The van der Waals surface area contributed by atoms with Gasteiger partial charge < -0.3 is 10.2 Å². The molecule has 0 radical (unpaired) electrons. The van der Waals surface area contributed by atoms with Gasteiger partial charge in [0.25, 0.3) is 5.56 Å². The fourth-order valence-electron chi connectivity index (χ4n) is 2.54. The molecule has 7 heteroatoms. The van der Waals surface area contributed by atoms with E-state index in [1.807, 2.05) is 31.2 Å². The minimum atomic E-state index is -1.14. The number of fused-ring (bicyclic) bond motifs is 1. The zero-order valence-corrected chi connectivity index (χ0v) is 13.8. The third-order valence-corrected chi connectivity index (χ3v) is 4.65. The zero-order chi connectivity index (χ0) is 17.3. The van der Waals surface area contributed by atoms with Gasteiger partial charge in [-0.3, -0.25) is 9.36 Å². The number of aromatic carboxylic acids is 1. The van der Waals surface area contributed by atoms with Crippen LogP contribution < -0.4 is 5.56 Å². The van der Waals surface area contributed by atoms with E-state index in [1.165, 1.54) is 9.95 Å². The van der Waals surface area contributed by atoms with Crippen molar-refractivity contribution in [2.75, 3.05) is 6.61 Å². The number of carboxylic acids is 1. The molecular weight excluding hydrogens is 328 g/mol. The summed E-state index contributed by atoms with van der Waals surface area (Å²) in [7, 11) is 0. The first-order chi connectivity index (χ1) is 11.5. The van der Waals surface area contributed by atoms with Gasteiger partial charge in [0.15, 0.2) is 0 Å². The highest BCUT2D eigenvalue weighted by atomic mass is 32.1. The zero-order valence-electron chi connectivity index (χ0n) is 13.0. The van der Waals surface area contributed by atoms with Crippen LogP contribution in [0.15, 0.2) is 34.4 Å². The van der Waals surface area contributed by atoms with Gasteiger partial charge in [-0.25, -0.2) is 9.78 Å². The van der Waals surface area contributed by atoms with E-state index >= 15 is 0 Å². The number of rotatable bonds is 5. The third-order valence-electron chi connectivity index (χ3n) is 3.77. The van der Waals surface area contributed by atoms with Crippen molar-refractivity contribution in [1.82, 2.24) is 9.55 Å². The van der Waals surface area contributed by atoms with E-state index in [4.69, 9.17) is 5.11 Å². The van der Waals surface area contributed by atoms with Gasteiger partial charge in [0.2, 0.25) is 0 Å². The van der Waals surface area contributed by atoms with Crippen molar-refractivity contribution in [3.8, 4) is 11.4 Å². The molecule has 0 unspecified atom stereocenters. The number of nitrogens with zero attached hydrogens (tertiary/aromatic N) is 2. The van der Waals surface area contributed by atoms with Crippen molar-refractivity contribution in [3.05, 3.63) is 51.1 Å². The summed E-state index contributed by atoms with van der Waals surface area (Å²) in [5, 5.41) is 19.9. The summed E-state index contributed by atoms with van der Waals surface area (Å²) in [6.45, 7) is 2.18. The Labute approximate surface area is 141 Å². The van der Waals surface area contributed by atoms with Crippen LogP contribution in [0.1, 0.15) is 22.3 Å². The minimum Gasteiger partial charge on any atom is -0.478 e. The molecule has 1 aromatic carbocycles. The maximum Gasteiger partial charge on any atom is 0.337 e. The molecule has 124 valence electrons. The summed E-state index contributed by atoms with van der Waals surface area (Å²) in [6, 6.07) is 7.62. The van der Waals surface area contributed by atoms with Crippen molar-refractivity contribution in [2.45, 2.75) is 19.9 Å². The number of aromatic nitrogens is 2. The molecule has 2 N–H and O–H groups in total. The van der Waals surface area contributed by atoms with Crippen LogP contribution in [0.3, 0.4) is 0 Å². The van der Waals surface area contributed by atoms with E-state index < -0.39 is 5.97 Å². The molecule has 3 rings (SSSR count). The highest BCUT2D eigenvalue weighted by Gasteiger charge is 2.20. The number of aliphatic hydroxyl groups is 1. The van der Waals surface area contributed by atoms with Gasteiger partial charge in [0, 0.05) is 24.1 Å². The van der Waals surface area contributed by atoms with E-state index in [1.54, 1.807) is 0 Å². The first-order valence-electron chi connectivity index (χ1n) is 7.46. The highest BCUT2D eigenvalue weighted by Crippen LogP contribution is 2.25. The lowest BCUT2D eigenvalue weighted by molar-refractivity contribution is 0.0699. The average molecular weight is 344 g/mol. The molecule has 0 atom stereocenters. The summed E-state index contributed by atoms with van der Waals surface area (Å²) >= 11 is 1.15. The third kappa shape index (κ3) is 2.83. The van der Waals surface area contributed by atoms with Gasteiger partial charge in [-0.1, -0.05) is 29.8 Å². The Morgan fingerprint density at radius 1 is 1.29 bits per heavy atom. The second-order valence-corrected chi connectivity index (χ2v) is 6.33. The van der Waals surface area contributed by atoms with Gasteiger partial charge in [-0.15, -0.1) is 11.3 Å². The van der Waals surface area contributed by atoms with Crippen LogP contribution in [-0.2, 0) is 6.54 Å². The number of benzene rings is 1. The van der Waals surface area contributed by atoms with E-state index in [-0.39, 0.29) is 29.7 Å². The topological polar surface area (TPSA) is 92.4 Å². The molecule has 2 aromatic heterocycles. The molecule has 0 saturated heterocycles. The Morgan fingerprint density at radius 3 is 2.62 bits per heavy atom. The van der Waals surface area contributed by atoms with Crippen LogP contribution in [0.25, 0.3) is 21.6 Å². The Bertz CT molecular complexity index is 957. The number of carbonyl (C=O) groups is 1. The summed E-state index contributed by atoms with van der Waals surface area (Å²) in [5.74, 6) is -0.656. The van der Waals surface area contributed by atoms with Crippen LogP contribution in [-0.4, -0.2) is 32.3 Å². The number of hydrogen-bond donors (Lipinski definition) is 2. The Morgan fingerprint density at radius 2 is 2.00 bits per heavy atom. The standard InChI is InChI=1S/C17H16N2O4S/c1-10-3-5-11(6-4-10)14-18-15-13(12(9-24-15)17(22)23)16(21)19(14)7-2-8-20/h3-6,9,20H,2,7-8H2,1H3,(H,22,23). The SMILES string of the molecule is Cc1ccc(-c2nc3scc(C(=O)O)c3c(=O)n2CCCO)cc1. The summed E-state index contributed by atoms with van der Waals surface area (Å²) < 4.78 is 1.45. The van der Waals surface area contributed by atoms with Gasteiger partial charge in [0.1, 0.15) is 10.7 Å². The van der Waals surface area contributed by atoms with Gasteiger partial charge in [-0.2, -0.15) is 0 Å². The van der Waals surface area contributed by atoms with Crippen LogP contribution in [0, 0.1) is 6.92 Å². The molecule has 2 heterocycles. The van der Waals surface area contributed by atoms with Crippen LogP contribution >= 0.6 is 11.3 Å². The minimum absolute atomic E-state index is 0.0271. The molecule has 0 aliphatic rings. The second kappa shape index (κ2) is 6.54. The van der Waals surface area contributed by atoms with E-state index in [0.717, 1.165) is 22.5 Å². The maximum absolute atomic E-state index is 12.9. The molecule has 0 saturated carbocycles. The van der Waals surface area contributed by atoms with Gasteiger partial charge in [-0.05, 0) is 13.3 Å². The van der Waals surface area contributed by atoms with Crippen molar-refractivity contribution < 1.29 is 15.0 Å². The Kier molecular flexibility index (Phi) is 4.46. The van der Waals surface area contributed by atoms with Crippen molar-refractivity contribution in [3.63, 3.8) is 0 Å². The molecule has 0 amide bonds. The fourth-order valence-corrected chi connectivity index (χ4v) is 3.44. The molecular formula is C17H16N2O4S. The van der Waals surface area contributed by atoms with Gasteiger partial charge >= 0.3 is 5.97 Å². The first kappa shape index (κ1) is 16.4. The molecule has 24 heavy (non-hydrogen) atoms. The molecule has 0 aliphatic heterocycles. The maximum atomic E-state index is 12.9. The lowest BCUT2D eigenvalue weighted by atomic mass is 10.1. The largest absolute Gasteiger partial charge is 0.478 e. The number of thiophene rings is 1. The first-order valence-corrected chi connectivity index (χ1v) is 8.34. The van der Waals surface area contributed by atoms with Crippen LogP contribution in [0.4, 0.5) is 0 Å². The summed E-state index contributed by atoms with van der Waals surface area (Å²) in [5.41, 5.74) is 1.46. The Hall–Kier alpha value is -2.51.